The van der Waals surface area contributed by atoms with Gasteiger partial charge in [0, 0.05) is 30.2 Å². The number of aryl methyl sites for hydroxylation is 1. The zero-order valence-electron chi connectivity index (χ0n) is 13.9. The van der Waals surface area contributed by atoms with Gasteiger partial charge < -0.3 is 5.32 Å². The fraction of sp³-hybridized carbons (Fsp3) is 0.167. The summed E-state index contributed by atoms with van der Waals surface area (Å²) in [6.07, 6.45) is 4.91. The summed E-state index contributed by atoms with van der Waals surface area (Å²) >= 11 is 0. The first-order valence-corrected chi connectivity index (χ1v) is 7.79. The molecule has 0 spiro atoms. The zero-order chi connectivity index (χ0) is 17.8. The molecule has 1 atom stereocenters. The Bertz CT molecular complexity index is 953. The Labute approximate surface area is 144 Å². The van der Waals surface area contributed by atoms with E-state index in [2.05, 4.69) is 20.4 Å². The Morgan fingerprint density at radius 2 is 1.96 bits per heavy atom. The third-order valence-corrected chi connectivity index (χ3v) is 3.78. The van der Waals surface area contributed by atoms with Crippen molar-refractivity contribution in [2.45, 2.75) is 19.9 Å². The molecule has 7 heteroatoms. The average molecular weight is 335 g/mol. The first-order valence-electron chi connectivity index (χ1n) is 7.79. The molecule has 3 aromatic heterocycles. The molecule has 0 bridgehead atoms. The minimum atomic E-state index is -0.787. The van der Waals surface area contributed by atoms with Gasteiger partial charge in [0.2, 0.25) is 5.91 Å². The van der Waals surface area contributed by atoms with Crippen molar-refractivity contribution in [1.29, 1.82) is 0 Å². The van der Waals surface area contributed by atoms with Crippen molar-refractivity contribution in [3.63, 3.8) is 0 Å². The van der Waals surface area contributed by atoms with Crippen LogP contribution in [0.3, 0.4) is 0 Å². The number of pyridine rings is 2. The van der Waals surface area contributed by atoms with Gasteiger partial charge >= 0.3 is 0 Å². The predicted octanol–water partition coefficient (Wildman–Crippen LogP) is 2.21. The second-order valence-corrected chi connectivity index (χ2v) is 5.58. The number of anilines is 1. The molecule has 0 aromatic carbocycles. The quantitative estimate of drug-likeness (QED) is 0.789. The van der Waals surface area contributed by atoms with Gasteiger partial charge in [0.15, 0.2) is 0 Å². The molecule has 0 aliphatic heterocycles. The van der Waals surface area contributed by atoms with E-state index in [0.717, 1.165) is 15.8 Å². The summed E-state index contributed by atoms with van der Waals surface area (Å²) in [6, 6.07) is 9.48. The maximum atomic E-state index is 12.5. The lowest BCUT2D eigenvalue weighted by Crippen LogP contribution is -2.33. The lowest BCUT2D eigenvalue weighted by Gasteiger charge is -2.15. The van der Waals surface area contributed by atoms with E-state index in [9.17, 15) is 9.59 Å². The molecule has 25 heavy (non-hydrogen) atoms. The van der Waals surface area contributed by atoms with Crippen LogP contribution in [0.15, 0.2) is 59.8 Å². The van der Waals surface area contributed by atoms with E-state index in [0.29, 0.717) is 11.5 Å². The summed E-state index contributed by atoms with van der Waals surface area (Å²) in [4.78, 5) is 32.8. The van der Waals surface area contributed by atoms with Crippen molar-refractivity contribution < 1.29 is 4.79 Å². The van der Waals surface area contributed by atoms with Gasteiger partial charge in [-0.1, -0.05) is 6.07 Å². The zero-order valence-corrected chi connectivity index (χ0v) is 13.9. The molecular formula is C18H17N5O2. The maximum absolute atomic E-state index is 12.5. The van der Waals surface area contributed by atoms with E-state index >= 15 is 0 Å². The van der Waals surface area contributed by atoms with Crippen molar-refractivity contribution in [2.75, 3.05) is 5.32 Å². The number of nitrogens with one attached hydrogen (secondary N) is 1. The fourth-order valence-corrected chi connectivity index (χ4v) is 2.32. The van der Waals surface area contributed by atoms with Crippen LogP contribution < -0.4 is 10.9 Å². The van der Waals surface area contributed by atoms with Crippen LogP contribution in [0, 0.1) is 6.92 Å². The Morgan fingerprint density at radius 3 is 2.68 bits per heavy atom. The number of aromatic nitrogens is 4. The van der Waals surface area contributed by atoms with Gasteiger partial charge in [0.1, 0.15) is 11.9 Å². The third kappa shape index (κ3) is 3.60. The molecular weight excluding hydrogens is 318 g/mol. The fourth-order valence-electron chi connectivity index (χ4n) is 2.32. The van der Waals surface area contributed by atoms with Crippen LogP contribution in [-0.4, -0.2) is 25.7 Å². The number of rotatable bonds is 4. The minimum absolute atomic E-state index is 0.354. The van der Waals surface area contributed by atoms with E-state index in [4.69, 9.17) is 0 Å². The van der Waals surface area contributed by atoms with Crippen molar-refractivity contribution in [3.8, 4) is 11.3 Å². The van der Waals surface area contributed by atoms with Gasteiger partial charge in [-0.25, -0.2) is 9.67 Å². The van der Waals surface area contributed by atoms with Crippen LogP contribution >= 0.6 is 0 Å². The van der Waals surface area contributed by atoms with Gasteiger partial charge in [0.05, 0.1) is 5.69 Å². The van der Waals surface area contributed by atoms with Crippen molar-refractivity contribution in [2.24, 2.45) is 0 Å². The summed E-state index contributed by atoms with van der Waals surface area (Å²) in [7, 11) is 0. The number of hydrogen-bond donors (Lipinski definition) is 1. The average Bonchev–Trinajstić information content (AvgIpc) is 2.64. The molecule has 7 nitrogen and oxygen atoms in total. The Balaban J connectivity index is 1.89. The lowest BCUT2D eigenvalue weighted by molar-refractivity contribution is -0.119. The van der Waals surface area contributed by atoms with Crippen LogP contribution in [0.4, 0.5) is 5.82 Å². The monoisotopic (exact) mass is 335 g/mol. The van der Waals surface area contributed by atoms with Crippen LogP contribution in [0.2, 0.25) is 0 Å². The Morgan fingerprint density at radius 1 is 1.16 bits per heavy atom. The topological polar surface area (TPSA) is 89.8 Å². The molecule has 1 unspecified atom stereocenters. The maximum Gasteiger partial charge on any atom is 0.267 e. The number of carbonyl (C=O) groups excluding carboxylic acids is 1. The molecule has 0 fully saturated rings. The van der Waals surface area contributed by atoms with Gasteiger partial charge in [-0.05, 0) is 43.7 Å². The highest BCUT2D eigenvalue weighted by atomic mass is 16.2. The van der Waals surface area contributed by atoms with E-state index in [1.54, 1.807) is 43.7 Å². The molecule has 3 rings (SSSR count). The van der Waals surface area contributed by atoms with Crippen LogP contribution in [0.25, 0.3) is 11.3 Å². The summed E-state index contributed by atoms with van der Waals surface area (Å²) in [5.41, 5.74) is 1.83. The molecule has 0 saturated carbocycles. The molecule has 3 aromatic rings. The third-order valence-electron chi connectivity index (χ3n) is 3.78. The highest BCUT2D eigenvalue weighted by Gasteiger charge is 2.19. The number of carbonyl (C=O) groups is 1. The molecule has 0 saturated heterocycles. The number of nitrogens with zero attached hydrogens (tertiary/aromatic N) is 4. The van der Waals surface area contributed by atoms with Gasteiger partial charge in [0.25, 0.3) is 5.56 Å². The van der Waals surface area contributed by atoms with Gasteiger partial charge in [-0.15, -0.1) is 0 Å². The summed E-state index contributed by atoms with van der Waals surface area (Å²) in [5, 5.41) is 7.04. The minimum Gasteiger partial charge on any atom is -0.309 e. The van der Waals surface area contributed by atoms with Crippen LogP contribution in [0.1, 0.15) is 18.5 Å². The van der Waals surface area contributed by atoms with E-state index < -0.39 is 6.04 Å². The summed E-state index contributed by atoms with van der Waals surface area (Å²) < 4.78 is 1.16. The first kappa shape index (κ1) is 16.5. The molecule has 0 aliphatic carbocycles. The van der Waals surface area contributed by atoms with E-state index in [1.165, 1.54) is 6.07 Å². The highest BCUT2D eigenvalue weighted by Crippen LogP contribution is 2.15. The number of hydrogen-bond acceptors (Lipinski definition) is 5. The van der Waals surface area contributed by atoms with Crippen molar-refractivity contribution in [3.05, 3.63) is 70.9 Å². The van der Waals surface area contributed by atoms with Gasteiger partial charge in [-0.2, -0.15) is 5.10 Å². The molecule has 3 heterocycles. The largest absolute Gasteiger partial charge is 0.309 e. The van der Waals surface area contributed by atoms with E-state index in [-0.39, 0.29) is 11.5 Å². The van der Waals surface area contributed by atoms with Crippen molar-refractivity contribution >= 4 is 11.7 Å². The second kappa shape index (κ2) is 7.04. The Kier molecular flexibility index (Phi) is 4.65. The highest BCUT2D eigenvalue weighted by molar-refractivity contribution is 5.93. The van der Waals surface area contributed by atoms with Crippen LogP contribution in [0.5, 0.6) is 0 Å². The molecule has 0 radical (unpaired) electrons. The number of amides is 1. The smallest absolute Gasteiger partial charge is 0.267 e. The molecule has 0 aliphatic rings. The molecule has 126 valence electrons. The Hall–Kier alpha value is -3.35. The lowest BCUT2D eigenvalue weighted by atomic mass is 10.2. The predicted molar refractivity (Wildman–Crippen MR) is 94.0 cm³/mol. The first-order chi connectivity index (χ1) is 12.1. The summed E-state index contributed by atoms with van der Waals surface area (Å²) in [6.45, 7) is 3.47. The van der Waals surface area contributed by atoms with Gasteiger partial charge in [-0.3, -0.25) is 14.6 Å². The summed E-state index contributed by atoms with van der Waals surface area (Å²) in [5.74, 6) is 0.107. The molecule has 1 amide bonds. The SMILES string of the molecule is Cc1cccnc1NC(=O)C(C)n1nc(-c2cccnc2)ccc1=O. The van der Waals surface area contributed by atoms with Crippen molar-refractivity contribution in [1.82, 2.24) is 19.7 Å². The normalized spacial score (nSPS) is 11.8. The van der Waals surface area contributed by atoms with Crippen LogP contribution in [-0.2, 0) is 4.79 Å². The molecule has 1 N–H and O–H groups in total. The standard InChI is InChI=1S/C18H17N5O2/c1-12-5-3-10-20-17(12)21-18(25)13(2)23-16(24)8-7-15(22-23)14-6-4-9-19-11-14/h3-11,13H,1-2H3,(H,20,21,25). The van der Waals surface area contributed by atoms with E-state index in [1.807, 2.05) is 19.1 Å². The second-order valence-electron chi connectivity index (χ2n) is 5.58.